The Morgan fingerprint density at radius 2 is 2.50 bits per heavy atom. The first-order valence-corrected chi connectivity index (χ1v) is 2.48. The van der Waals surface area contributed by atoms with Crippen LogP contribution in [0.4, 0.5) is 0 Å². The van der Waals surface area contributed by atoms with Crippen LogP contribution in [-0.4, -0.2) is 11.0 Å². The topological polar surface area (TPSA) is 20.2 Å². The Balaban J connectivity index is 2.81. The molecule has 0 aliphatic rings. The average molecular weight is 104 g/mol. The third-order valence-corrected chi connectivity index (χ3v) is 0.680. The molecule has 2 heteroatoms. The summed E-state index contributed by atoms with van der Waals surface area (Å²) in [7, 11) is 2.26. The fourth-order valence-electron chi connectivity index (χ4n) is 0.171. The molecule has 0 bridgehead atoms. The van der Waals surface area contributed by atoms with Crippen LogP contribution in [0.3, 0.4) is 0 Å². The zero-order valence-electron chi connectivity index (χ0n) is 3.59. The Kier molecular flexibility index (Phi) is 3.40. The molecule has 0 spiro atoms. The van der Waals surface area contributed by atoms with Crippen LogP contribution in [0.5, 0.6) is 0 Å². The second-order valence-corrected chi connectivity index (χ2v) is 1.86. The van der Waals surface area contributed by atoms with Gasteiger partial charge in [0, 0.05) is 0 Å². The molecule has 0 saturated carbocycles. The molecule has 2 atom stereocenters. The zero-order chi connectivity index (χ0) is 4.99. The second-order valence-electron chi connectivity index (χ2n) is 1.09. The molecule has 0 aliphatic carbocycles. The Hall–Kier alpha value is 0.130. The van der Waals surface area contributed by atoms with Crippen LogP contribution in [0.2, 0.25) is 0 Å². The summed E-state index contributed by atoms with van der Waals surface area (Å²) in [6, 6.07) is 0. The maximum atomic E-state index is 8.44. The summed E-state index contributed by atoms with van der Waals surface area (Å²) in [6.45, 7) is 3.43. The lowest BCUT2D eigenvalue weighted by atomic mass is 10.5. The van der Waals surface area contributed by atoms with Gasteiger partial charge in [0.25, 0.3) is 0 Å². The van der Waals surface area contributed by atoms with Gasteiger partial charge in [0.05, 0.1) is 5.85 Å². The SMILES string of the molecule is C=CCC(O)P. The molecule has 0 aromatic carbocycles. The molecule has 0 aromatic heterocycles. The van der Waals surface area contributed by atoms with Gasteiger partial charge in [-0.3, -0.25) is 0 Å². The standard InChI is InChI=1S/C4H9OP/c1-2-3-4(5)6/h2,4-5H,1,3,6H2. The Morgan fingerprint density at radius 1 is 2.00 bits per heavy atom. The average Bonchev–Trinajstić information content (AvgIpc) is 1.35. The molecule has 1 nitrogen and oxygen atoms in total. The summed E-state index contributed by atoms with van der Waals surface area (Å²) in [4.78, 5) is 0. The summed E-state index contributed by atoms with van der Waals surface area (Å²) in [6.07, 6.45) is 2.34. The van der Waals surface area contributed by atoms with E-state index in [0.717, 1.165) is 0 Å². The molecule has 0 rings (SSSR count). The Labute approximate surface area is 40.3 Å². The number of aliphatic hydroxyl groups is 1. The van der Waals surface area contributed by atoms with Gasteiger partial charge in [-0.1, -0.05) is 6.08 Å². The molecule has 1 N–H and O–H groups in total. The molecule has 0 heterocycles. The van der Waals surface area contributed by atoms with Crippen LogP contribution in [0.25, 0.3) is 0 Å². The third-order valence-electron chi connectivity index (χ3n) is 0.408. The minimum Gasteiger partial charge on any atom is -0.389 e. The minimum atomic E-state index is -0.303. The zero-order valence-corrected chi connectivity index (χ0v) is 4.75. The molecule has 0 amide bonds. The smallest absolute Gasteiger partial charge is 0.0707 e. The number of rotatable bonds is 2. The summed E-state index contributed by atoms with van der Waals surface area (Å²) < 4.78 is 0. The molecule has 0 fully saturated rings. The summed E-state index contributed by atoms with van der Waals surface area (Å²) in [5, 5.41) is 8.44. The first-order chi connectivity index (χ1) is 2.77. The van der Waals surface area contributed by atoms with Gasteiger partial charge < -0.3 is 5.11 Å². The van der Waals surface area contributed by atoms with E-state index >= 15 is 0 Å². The highest BCUT2D eigenvalue weighted by Gasteiger charge is 1.84. The van der Waals surface area contributed by atoms with Gasteiger partial charge in [-0.15, -0.1) is 15.8 Å². The van der Waals surface area contributed by atoms with E-state index in [1.54, 1.807) is 6.08 Å². The fourth-order valence-corrected chi connectivity index (χ4v) is 0.363. The minimum absolute atomic E-state index is 0.303. The normalized spacial score (nSPS) is 13.7. The number of hydrogen-bond donors (Lipinski definition) is 1. The highest BCUT2D eigenvalue weighted by atomic mass is 31.0. The number of aliphatic hydroxyl groups excluding tert-OH is 1. The van der Waals surface area contributed by atoms with Crippen molar-refractivity contribution in [1.29, 1.82) is 0 Å². The van der Waals surface area contributed by atoms with Crippen molar-refractivity contribution in [2.24, 2.45) is 0 Å². The van der Waals surface area contributed by atoms with Gasteiger partial charge in [0.1, 0.15) is 0 Å². The van der Waals surface area contributed by atoms with Crippen LogP contribution in [-0.2, 0) is 0 Å². The van der Waals surface area contributed by atoms with Crippen molar-refractivity contribution in [3.8, 4) is 0 Å². The molecular weight excluding hydrogens is 95.0 g/mol. The van der Waals surface area contributed by atoms with Gasteiger partial charge in [-0.2, -0.15) is 0 Å². The predicted molar refractivity (Wildman–Crippen MR) is 30.5 cm³/mol. The third kappa shape index (κ3) is 4.13. The van der Waals surface area contributed by atoms with Crippen molar-refractivity contribution in [3.63, 3.8) is 0 Å². The van der Waals surface area contributed by atoms with Crippen molar-refractivity contribution < 1.29 is 5.11 Å². The van der Waals surface area contributed by atoms with Gasteiger partial charge in [-0.05, 0) is 6.42 Å². The molecule has 36 valence electrons. The maximum absolute atomic E-state index is 8.44. The van der Waals surface area contributed by atoms with E-state index in [1.807, 2.05) is 0 Å². The van der Waals surface area contributed by atoms with Crippen molar-refractivity contribution >= 4 is 9.24 Å². The van der Waals surface area contributed by atoms with Crippen LogP contribution in [0.15, 0.2) is 12.7 Å². The lowest BCUT2D eigenvalue weighted by Gasteiger charge is -1.92. The second kappa shape index (κ2) is 3.32. The summed E-state index contributed by atoms with van der Waals surface area (Å²) in [5.41, 5.74) is 0. The lowest BCUT2D eigenvalue weighted by Crippen LogP contribution is -1.88. The van der Waals surface area contributed by atoms with Crippen LogP contribution in [0, 0.1) is 0 Å². The Morgan fingerprint density at radius 3 is 2.50 bits per heavy atom. The largest absolute Gasteiger partial charge is 0.389 e. The van der Waals surface area contributed by atoms with E-state index in [9.17, 15) is 0 Å². The van der Waals surface area contributed by atoms with Crippen molar-refractivity contribution in [3.05, 3.63) is 12.7 Å². The van der Waals surface area contributed by atoms with Crippen molar-refractivity contribution in [1.82, 2.24) is 0 Å². The molecule has 2 unspecified atom stereocenters. The quantitative estimate of drug-likeness (QED) is 0.405. The van der Waals surface area contributed by atoms with E-state index in [0.29, 0.717) is 6.42 Å². The molecule has 6 heavy (non-hydrogen) atoms. The van der Waals surface area contributed by atoms with E-state index in [2.05, 4.69) is 15.8 Å². The summed E-state index contributed by atoms with van der Waals surface area (Å²) >= 11 is 0. The molecular formula is C4H9OP. The number of hydrogen-bond acceptors (Lipinski definition) is 1. The van der Waals surface area contributed by atoms with Gasteiger partial charge in [-0.25, -0.2) is 0 Å². The van der Waals surface area contributed by atoms with Crippen molar-refractivity contribution in [2.75, 3.05) is 0 Å². The first kappa shape index (κ1) is 6.13. The van der Waals surface area contributed by atoms with Crippen LogP contribution >= 0.6 is 9.24 Å². The Bertz CT molecular complexity index is 42.8. The molecule has 0 aromatic rings. The van der Waals surface area contributed by atoms with E-state index < -0.39 is 0 Å². The van der Waals surface area contributed by atoms with Gasteiger partial charge in [0.15, 0.2) is 0 Å². The summed E-state index contributed by atoms with van der Waals surface area (Å²) in [5.74, 6) is -0.303. The van der Waals surface area contributed by atoms with E-state index in [-0.39, 0.29) is 5.85 Å². The maximum Gasteiger partial charge on any atom is 0.0707 e. The van der Waals surface area contributed by atoms with Gasteiger partial charge >= 0.3 is 0 Å². The van der Waals surface area contributed by atoms with Crippen LogP contribution < -0.4 is 0 Å². The lowest BCUT2D eigenvalue weighted by molar-refractivity contribution is 0.266. The predicted octanol–water partition coefficient (Wildman–Crippen LogP) is 0.756. The van der Waals surface area contributed by atoms with E-state index in [4.69, 9.17) is 5.11 Å². The highest BCUT2D eigenvalue weighted by molar-refractivity contribution is 7.17. The van der Waals surface area contributed by atoms with E-state index in [1.165, 1.54) is 0 Å². The van der Waals surface area contributed by atoms with Crippen LogP contribution in [0.1, 0.15) is 6.42 Å². The van der Waals surface area contributed by atoms with Gasteiger partial charge in [0.2, 0.25) is 0 Å². The molecule has 0 aliphatic heterocycles. The first-order valence-electron chi connectivity index (χ1n) is 1.82. The monoisotopic (exact) mass is 104 g/mol. The fraction of sp³-hybridized carbons (Fsp3) is 0.500. The molecule has 0 radical (unpaired) electrons. The van der Waals surface area contributed by atoms with Crippen molar-refractivity contribution in [2.45, 2.75) is 12.3 Å². The molecule has 0 saturated heterocycles. The highest BCUT2D eigenvalue weighted by Crippen LogP contribution is 1.98.